The van der Waals surface area contributed by atoms with Crippen molar-refractivity contribution in [1.29, 1.82) is 0 Å². The lowest BCUT2D eigenvalue weighted by molar-refractivity contribution is -0.232. The van der Waals surface area contributed by atoms with Gasteiger partial charge in [-0.05, 0) is 24.8 Å². The molecular weight excluding hydrogens is 396 g/mol. The van der Waals surface area contributed by atoms with Gasteiger partial charge in [-0.1, -0.05) is 30.3 Å². The first kappa shape index (κ1) is 20.1. The number of benzene rings is 1. The van der Waals surface area contributed by atoms with E-state index in [-0.39, 0.29) is 5.97 Å². The van der Waals surface area contributed by atoms with E-state index in [0.29, 0.717) is 18.0 Å². The Morgan fingerprint density at radius 3 is 2.70 bits per heavy atom. The van der Waals surface area contributed by atoms with Gasteiger partial charge in [0.1, 0.15) is 0 Å². The molecule has 2 aliphatic heterocycles. The maximum absolute atomic E-state index is 11.8. The number of nitrogens with one attached hydrogen (secondary N) is 1. The molecule has 1 N–H and O–H groups in total. The van der Waals surface area contributed by atoms with Crippen LogP contribution in [-0.4, -0.2) is 64.7 Å². The maximum atomic E-state index is 11.8. The summed E-state index contributed by atoms with van der Waals surface area (Å²) in [5.41, 5.74) is 2.87. The minimum Gasteiger partial charge on any atom is -0.441 e. The first-order valence-corrected chi connectivity index (χ1v) is 11.8. The Labute approximate surface area is 182 Å². The van der Waals surface area contributed by atoms with Crippen LogP contribution >= 0.6 is 11.3 Å². The van der Waals surface area contributed by atoms with E-state index < -0.39 is 5.72 Å². The second-order valence-corrected chi connectivity index (χ2v) is 9.91. The number of thiazole rings is 1. The zero-order valence-corrected chi connectivity index (χ0v) is 18.3. The van der Waals surface area contributed by atoms with Gasteiger partial charge in [0.15, 0.2) is 5.72 Å². The monoisotopic (exact) mass is 426 g/mol. The molecule has 1 aromatic carbocycles. The highest BCUT2D eigenvalue weighted by Crippen LogP contribution is 2.41. The summed E-state index contributed by atoms with van der Waals surface area (Å²) in [7, 11) is 0. The summed E-state index contributed by atoms with van der Waals surface area (Å²) < 4.78 is 5.88. The second-order valence-electron chi connectivity index (χ2n) is 8.94. The summed E-state index contributed by atoms with van der Waals surface area (Å²) in [5, 5.41) is 3.88. The third-order valence-electron chi connectivity index (χ3n) is 6.68. The largest absolute Gasteiger partial charge is 0.441 e. The highest BCUT2D eigenvalue weighted by Gasteiger charge is 2.51. The van der Waals surface area contributed by atoms with Crippen LogP contribution in [0.3, 0.4) is 0 Å². The van der Waals surface area contributed by atoms with E-state index in [1.807, 2.05) is 11.7 Å². The van der Waals surface area contributed by atoms with Gasteiger partial charge in [0.25, 0.3) is 0 Å². The maximum Gasteiger partial charge on any atom is 0.304 e. The number of nitrogens with zero attached hydrogens (tertiary/aromatic N) is 3. The third-order valence-corrected chi connectivity index (χ3v) is 7.44. The number of rotatable bonds is 7. The third kappa shape index (κ3) is 4.30. The van der Waals surface area contributed by atoms with Gasteiger partial charge in [0, 0.05) is 55.6 Å². The number of carbonyl (C=O) groups excluding carboxylic acids is 1. The number of hydrogen-bond donors (Lipinski definition) is 1. The summed E-state index contributed by atoms with van der Waals surface area (Å²) >= 11 is 1.68. The Kier molecular flexibility index (Phi) is 5.62. The van der Waals surface area contributed by atoms with Gasteiger partial charge < -0.3 is 10.1 Å². The number of aromatic nitrogens is 1. The molecule has 5 rings (SSSR count). The van der Waals surface area contributed by atoms with Crippen LogP contribution in [-0.2, 0) is 16.1 Å². The molecule has 2 saturated heterocycles. The van der Waals surface area contributed by atoms with Crippen molar-refractivity contribution < 1.29 is 9.53 Å². The molecule has 2 aromatic rings. The first-order valence-electron chi connectivity index (χ1n) is 11.0. The number of likely N-dealkylation sites (tertiary alicyclic amines) is 2. The number of hydrogen-bond acceptors (Lipinski definition) is 7. The lowest BCUT2D eigenvalue weighted by Crippen LogP contribution is -2.72. The Morgan fingerprint density at radius 2 is 2.03 bits per heavy atom. The van der Waals surface area contributed by atoms with Crippen molar-refractivity contribution in [3.05, 3.63) is 52.5 Å². The summed E-state index contributed by atoms with van der Waals surface area (Å²) in [5.74, 6) is 0.486. The SMILES string of the molecule is CC(=O)OC1(N2CCC(N[C@@H]3C[C@H]3c3ccccc3)CC2)CN(Cc2cncs2)C1. The molecule has 1 saturated carbocycles. The molecule has 0 amide bonds. The standard InChI is InChI=1S/C23H30N4O2S/c1-17(28)29-23(14-26(15-23)13-20-12-24-16-30-20)27-9-7-19(8-10-27)25-22-11-21(22)18-5-3-2-4-6-18/h2-6,12,16,19,21-22,25H,7-11,13-15H2,1H3/t21-,22+/m0/s1. The Hall–Kier alpha value is -1.80. The quantitative estimate of drug-likeness (QED) is 0.687. The number of esters is 1. The van der Waals surface area contributed by atoms with E-state index in [4.69, 9.17) is 4.74 Å². The molecule has 7 heteroatoms. The van der Waals surface area contributed by atoms with Crippen molar-refractivity contribution >= 4 is 17.3 Å². The molecular formula is C23H30N4O2S. The van der Waals surface area contributed by atoms with Gasteiger partial charge in [-0.3, -0.25) is 19.6 Å². The molecule has 2 atom stereocenters. The predicted molar refractivity (Wildman–Crippen MR) is 117 cm³/mol. The van der Waals surface area contributed by atoms with Crippen LogP contribution in [0.4, 0.5) is 0 Å². The van der Waals surface area contributed by atoms with Crippen LogP contribution in [0.2, 0.25) is 0 Å². The fourth-order valence-electron chi connectivity index (χ4n) is 5.11. The minimum atomic E-state index is -0.451. The molecule has 6 nitrogen and oxygen atoms in total. The van der Waals surface area contributed by atoms with Gasteiger partial charge in [-0.25, -0.2) is 0 Å². The molecule has 0 radical (unpaired) electrons. The van der Waals surface area contributed by atoms with Crippen LogP contribution < -0.4 is 5.32 Å². The van der Waals surface area contributed by atoms with E-state index in [1.54, 1.807) is 11.3 Å². The Morgan fingerprint density at radius 1 is 1.27 bits per heavy atom. The summed E-state index contributed by atoms with van der Waals surface area (Å²) in [6.07, 6.45) is 5.38. The average molecular weight is 427 g/mol. The topological polar surface area (TPSA) is 57.7 Å². The fourth-order valence-corrected chi connectivity index (χ4v) is 5.74. The summed E-state index contributed by atoms with van der Waals surface area (Å²) in [4.78, 5) is 22.0. The van der Waals surface area contributed by atoms with Crippen molar-refractivity contribution in [1.82, 2.24) is 20.1 Å². The Bertz CT molecular complexity index is 845. The van der Waals surface area contributed by atoms with Gasteiger partial charge in [0.2, 0.25) is 0 Å². The molecule has 1 aliphatic carbocycles. The van der Waals surface area contributed by atoms with Crippen LogP contribution in [0.25, 0.3) is 0 Å². The van der Waals surface area contributed by atoms with E-state index in [0.717, 1.165) is 45.6 Å². The smallest absolute Gasteiger partial charge is 0.304 e. The number of piperidine rings is 1. The van der Waals surface area contributed by atoms with Crippen molar-refractivity contribution in [3.8, 4) is 0 Å². The van der Waals surface area contributed by atoms with Crippen molar-refractivity contribution in [2.75, 3.05) is 26.2 Å². The number of ether oxygens (including phenoxy) is 1. The summed E-state index contributed by atoms with van der Waals surface area (Å²) in [6, 6.07) is 12.0. The molecule has 0 unspecified atom stereocenters. The normalized spacial score (nSPS) is 26.8. The molecule has 0 spiro atoms. The zero-order valence-electron chi connectivity index (χ0n) is 17.5. The van der Waals surface area contributed by atoms with Crippen LogP contribution in [0, 0.1) is 0 Å². The molecule has 3 aliphatic rings. The minimum absolute atomic E-state index is 0.184. The lowest BCUT2D eigenvalue weighted by atomic mass is 9.95. The molecule has 3 heterocycles. The van der Waals surface area contributed by atoms with E-state index in [2.05, 4.69) is 50.4 Å². The van der Waals surface area contributed by atoms with Crippen molar-refractivity contribution in [2.24, 2.45) is 0 Å². The fraction of sp³-hybridized carbons (Fsp3) is 0.565. The summed E-state index contributed by atoms with van der Waals surface area (Å²) in [6.45, 7) is 5.92. The van der Waals surface area contributed by atoms with Gasteiger partial charge >= 0.3 is 5.97 Å². The van der Waals surface area contributed by atoms with Gasteiger partial charge in [-0.2, -0.15) is 0 Å². The van der Waals surface area contributed by atoms with Gasteiger partial charge in [0.05, 0.1) is 18.6 Å². The molecule has 30 heavy (non-hydrogen) atoms. The Balaban J connectivity index is 1.12. The molecule has 0 bridgehead atoms. The molecule has 1 aromatic heterocycles. The van der Waals surface area contributed by atoms with E-state index >= 15 is 0 Å². The van der Waals surface area contributed by atoms with E-state index in [9.17, 15) is 4.79 Å². The van der Waals surface area contributed by atoms with Crippen LogP contribution in [0.15, 0.2) is 42.0 Å². The lowest BCUT2D eigenvalue weighted by Gasteiger charge is -2.55. The molecule has 160 valence electrons. The van der Waals surface area contributed by atoms with Crippen molar-refractivity contribution in [2.45, 2.75) is 56.5 Å². The second kappa shape index (κ2) is 8.38. The van der Waals surface area contributed by atoms with Crippen LogP contribution in [0.1, 0.15) is 42.5 Å². The average Bonchev–Trinajstić information content (AvgIpc) is 3.29. The highest BCUT2D eigenvalue weighted by atomic mass is 32.1. The molecule has 3 fully saturated rings. The van der Waals surface area contributed by atoms with Gasteiger partial charge in [-0.15, -0.1) is 11.3 Å². The van der Waals surface area contributed by atoms with Crippen LogP contribution in [0.5, 0.6) is 0 Å². The number of carbonyl (C=O) groups is 1. The van der Waals surface area contributed by atoms with Crippen molar-refractivity contribution in [3.63, 3.8) is 0 Å². The predicted octanol–water partition coefficient (Wildman–Crippen LogP) is 2.83. The zero-order chi connectivity index (χ0) is 20.6. The first-order chi connectivity index (χ1) is 14.6. The highest BCUT2D eigenvalue weighted by molar-refractivity contribution is 7.09. The van der Waals surface area contributed by atoms with E-state index in [1.165, 1.54) is 23.8 Å².